The summed E-state index contributed by atoms with van der Waals surface area (Å²) in [5, 5.41) is 0.682. The van der Waals surface area contributed by atoms with Gasteiger partial charge in [0, 0.05) is 24.9 Å². The van der Waals surface area contributed by atoms with Gasteiger partial charge in [0.1, 0.15) is 17.7 Å². The molecule has 1 aliphatic heterocycles. The average molecular weight is 446 g/mol. The lowest BCUT2D eigenvalue weighted by Crippen LogP contribution is -2.31. The summed E-state index contributed by atoms with van der Waals surface area (Å²) in [6.45, 7) is 3.28. The van der Waals surface area contributed by atoms with E-state index < -0.39 is 23.3 Å². The smallest absolute Gasteiger partial charge is 0.311 e. The molecule has 2 aromatic rings. The summed E-state index contributed by atoms with van der Waals surface area (Å²) in [5.41, 5.74) is 0. The quantitative estimate of drug-likeness (QED) is 0.363. The summed E-state index contributed by atoms with van der Waals surface area (Å²) < 4.78 is 36.9. The summed E-state index contributed by atoms with van der Waals surface area (Å²) in [4.78, 5) is 28.4. The molecule has 9 nitrogen and oxygen atoms in total. The third kappa shape index (κ3) is 4.44. The maximum Gasteiger partial charge on any atom is 0.311 e. The van der Waals surface area contributed by atoms with Crippen LogP contribution >= 0.6 is 0 Å². The number of ether oxygens (including phenoxy) is 4. The first-order valence-electron chi connectivity index (χ1n) is 9.39. The van der Waals surface area contributed by atoms with Crippen LogP contribution in [0.5, 0.6) is 23.0 Å². The van der Waals surface area contributed by atoms with E-state index in [9.17, 15) is 14.1 Å². The number of rotatable bonds is 7. The largest absolute Gasteiger partial charge is 0.588 e. The summed E-state index contributed by atoms with van der Waals surface area (Å²) in [7, 11) is 2.74. The van der Waals surface area contributed by atoms with Crippen molar-refractivity contribution in [1.82, 2.24) is 4.31 Å². The minimum Gasteiger partial charge on any atom is -0.588 e. The molecule has 1 atom stereocenters. The zero-order chi connectivity index (χ0) is 22.5. The molecule has 0 radical (unpaired) electrons. The van der Waals surface area contributed by atoms with E-state index in [0.29, 0.717) is 22.2 Å². The molecule has 1 heterocycles. The first-order valence-corrected chi connectivity index (χ1v) is 10.5. The fourth-order valence-corrected chi connectivity index (χ4v) is 4.24. The monoisotopic (exact) mass is 446 g/mol. The molecule has 31 heavy (non-hydrogen) atoms. The van der Waals surface area contributed by atoms with Gasteiger partial charge in [0.25, 0.3) is 0 Å². The lowest BCUT2D eigenvalue weighted by molar-refractivity contribution is -0.134. The van der Waals surface area contributed by atoms with E-state index in [1.807, 2.05) is 0 Å². The Labute approximate surface area is 182 Å². The Morgan fingerprint density at radius 2 is 1.84 bits per heavy atom. The van der Waals surface area contributed by atoms with Gasteiger partial charge in [0.2, 0.25) is 11.5 Å². The maximum absolute atomic E-state index is 13.4. The van der Waals surface area contributed by atoms with E-state index in [1.165, 1.54) is 31.8 Å². The van der Waals surface area contributed by atoms with Gasteiger partial charge in [-0.1, -0.05) is 13.0 Å². The highest BCUT2D eigenvalue weighted by Gasteiger charge is 2.32. The number of benzene rings is 2. The Kier molecular flexibility index (Phi) is 7.03. The highest BCUT2D eigenvalue weighted by molar-refractivity contribution is 7.89. The van der Waals surface area contributed by atoms with Gasteiger partial charge < -0.3 is 23.5 Å². The van der Waals surface area contributed by atoms with Gasteiger partial charge in [-0.2, -0.15) is 4.31 Å². The van der Waals surface area contributed by atoms with Crippen LogP contribution in [0, 0.1) is 0 Å². The standard InChI is InChI=1S/C21H22N2O7S/c1-5-16(25)30-19-17-14(18(29-13(2)24)20(27-3)21(19)28-4)8-6-9-15(17)31(26)23-11-7-10-22-12-23/h6-10,12H,5,11H2,1-4H3. The van der Waals surface area contributed by atoms with Gasteiger partial charge in [-0.3, -0.25) is 9.59 Å². The van der Waals surface area contributed by atoms with Crippen molar-refractivity contribution in [2.24, 2.45) is 4.99 Å². The van der Waals surface area contributed by atoms with E-state index in [1.54, 1.807) is 37.4 Å². The van der Waals surface area contributed by atoms with Crippen molar-refractivity contribution >= 4 is 40.4 Å². The van der Waals surface area contributed by atoms with Crippen LogP contribution in [0.3, 0.4) is 0 Å². The fourth-order valence-electron chi connectivity index (χ4n) is 3.05. The normalized spacial score (nSPS) is 13.8. The molecular formula is C21H22N2O7S. The second-order valence-electron chi connectivity index (χ2n) is 6.32. The van der Waals surface area contributed by atoms with Crippen LogP contribution in [0.25, 0.3) is 10.8 Å². The highest BCUT2D eigenvalue weighted by atomic mass is 32.2. The number of esters is 2. The topological polar surface area (TPSA) is 110 Å². The lowest BCUT2D eigenvalue weighted by Gasteiger charge is -2.24. The van der Waals surface area contributed by atoms with Gasteiger partial charge in [-0.05, 0) is 18.2 Å². The number of hydrogen-bond donors (Lipinski definition) is 0. The first-order chi connectivity index (χ1) is 14.9. The summed E-state index contributed by atoms with van der Waals surface area (Å²) in [6, 6.07) is 4.96. The van der Waals surface area contributed by atoms with Crippen molar-refractivity contribution < 1.29 is 33.1 Å². The van der Waals surface area contributed by atoms with Crippen LogP contribution in [0.15, 0.2) is 40.4 Å². The molecule has 0 amide bonds. The van der Waals surface area contributed by atoms with Gasteiger partial charge in [-0.25, -0.2) is 4.99 Å². The molecule has 1 aliphatic rings. The average Bonchev–Trinajstić information content (AvgIpc) is 2.79. The van der Waals surface area contributed by atoms with Crippen molar-refractivity contribution in [1.29, 1.82) is 0 Å². The molecule has 3 rings (SSSR count). The minimum absolute atomic E-state index is 0.0329. The molecular weight excluding hydrogens is 424 g/mol. The zero-order valence-electron chi connectivity index (χ0n) is 17.5. The Balaban J connectivity index is 2.37. The van der Waals surface area contributed by atoms with Gasteiger partial charge >= 0.3 is 11.9 Å². The van der Waals surface area contributed by atoms with Gasteiger partial charge in [0.15, 0.2) is 16.4 Å². The molecule has 164 valence electrons. The highest BCUT2D eigenvalue weighted by Crippen LogP contribution is 2.53. The molecule has 0 bridgehead atoms. The number of methoxy groups -OCH3 is 2. The molecule has 0 fully saturated rings. The van der Waals surface area contributed by atoms with Crippen LogP contribution in [0.1, 0.15) is 20.3 Å². The van der Waals surface area contributed by atoms with Crippen molar-refractivity contribution in [2.75, 3.05) is 20.8 Å². The Morgan fingerprint density at radius 3 is 2.42 bits per heavy atom. The molecule has 10 heteroatoms. The first kappa shape index (κ1) is 22.4. The predicted octanol–water partition coefficient (Wildman–Crippen LogP) is 2.98. The van der Waals surface area contributed by atoms with Crippen LogP contribution in [0.2, 0.25) is 0 Å². The second-order valence-corrected chi connectivity index (χ2v) is 7.73. The molecule has 1 unspecified atom stereocenters. The maximum atomic E-state index is 13.4. The van der Waals surface area contributed by atoms with Crippen LogP contribution in [-0.4, -0.2) is 47.9 Å². The predicted molar refractivity (Wildman–Crippen MR) is 115 cm³/mol. The van der Waals surface area contributed by atoms with Crippen molar-refractivity contribution in [3.63, 3.8) is 0 Å². The van der Waals surface area contributed by atoms with Crippen molar-refractivity contribution in [3.8, 4) is 23.0 Å². The second kappa shape index (κ2) is 9.71. The molecule has 0 N–H and O–H groups in total. The number of carbonyl (C=O) groups is 2. The van der Waals surface area contributed by atoms with Crippen molar-refractivity contribution in [2.45, 2.75) is 25.2 Å². The SMILES string of the molecule is CCC(=O)Oc1c(OC)c(OC)c(OC(C)=O)c2cccc([S+]([O-])N3C=NC=CC3)c12. The summed E-state index contributed by atoms with van der Waals surface area (Å²) >= 11 is -1.71. The summed E-state index contributed by atoms with van der Waals surface area (Å²) in [5.74, 6) is -0.876. The Morgan fingerprint density at radius 1 is 1.13 bits per heavy atom. The molecule has 0 saturated carbocycles. The number of hydrogen-bond acceptors (Lipinski definition) is 9. The van der Waals surface area contributed by atoms with Crippen LogP contribution in [0.4, 0.5) is 0 Å². The van der Waals surface area contributed by atoms with E-state index in [-0.39, 0.29) is 29.4 Å². The van der Waals surface area contributed by atoms with E-state index in [4.69, 9.17) is 18.9 Å². The number of aliphatic imine (C=N–C) groups is 1. The lowest BCUT2D eigenvalue weighted by atomic mass is 10.1. The minimum atomic E-state index is -1.71. The molecule has 0 aromatic heterocycles. The molecule has 0 saturated heterocycles. The third-order valence-corrected chi connectivity index (χ3v) is 5.73. The molecule has 0 spiro atoms. The van der Waals surface area contributed by atoms with Crippen LogP contribution < -0.4 is 18.9 Å². The number of nitrogens with zero attached hydrogens (tertiary/aromatic N) is 2. The van der Waals surface area contributed by atoms with Gasteiger partial charge in [-0.15, -0.1) is 0 Å². The molecule has 2 aromatic carbocycles. The van der Waals surface area contributed by atoms with Crippen LogP contribution in [-0.2, 0) is 21.0 Å². The zero-order valence-corrected chi connectivity index (χ0v) is 18.4. The van der Waals surface area contributed by atoms with E-state index >= 15 is 0 Å². The summed E-state index contributed by atoms with van der Waals surface area (Å²) in [6.07, 6.45) is 4.93. The van der Waals surface area contributed by atoms with E-state index in [0.717, 1.165) is 0 Å². The van der Waals surface area contributed by atoms with Crippen molar-refractivity contribution in [3.05, 3.63) is 30.5 Å². The number of carbonyl (C=O) groups excluding carboxylic acids is 2. The molecule has 0 aliphatic carbocycles. The van der Waals surface area contributed by atoms with Gasteiger partial charge in [0.05, 0.1) is 26.2 Å². The fraction of sp³-hybridized carbons (Fsp3) is 0.286. The van der Waals surface area contributed by atoms with E-state index in [2.05, 4.69) is 4.99 Å². The Bertz CT molecular complexity index is 1070. The number of fused-ring (bicyclic) bond motifs is 1. The Hall–Kier alpha value is -3.24. The third-order valence-electron chi connectivity index (χ3n) is 4.35.